The van der Waals surface area contributed by atoms with Crippen LogP contribution in [0, 0.1) is 5.82 Å². The lowest BCUT2D eigenvalue weighted by atomic mass is 10.0. The van der Waals surface area contributed by atoms with Gasteiger partial charge in [0, 0.05) is 12.7 Å². The summed E-state index contributed by atoms with van der Waals surface area (Å²) in [6.45, 7) is -3.67. The first-order valence-electron chi connectivity index (χ1n) is 8.84. The molecule has 2 unspecified atom stereocenters. The molecule has 0 aliphatic rings. The zero-order valence-corrected chi connectivity index (χ0v) is 17.2. The van der Waals surface area contributed by atoms with Crippen molar-refractivity contribution in [1.29, 1.82) is 0 Å². The summed E-state index contributed by atoms with van der Waals surface area (Å²) in [6, 6.07) is 9.52. The van der Waals surface area contributed by atoms with Crippen LogP contribution < -0.4 is 16.0 Å². The fourth-order valence-corrected chi connectivity index (χ4v) is 3.35. The van der Waals surface area contributed by atoms with E-state index in [1.54, 1.807) is 18.2 Å². The molecule has 0 spiro atoms. The van der Waals surface area contributed by atoms with Gasteiger partial charge in [0.2, 0.25) is 0 Å². The zero-order valence-electron chi connectivity index (χ0n) is 16.4. The van der Waals surface area contributed by atoms with Gasteiger partial charge in [0.1, 0.15) is 11.9 Å². The van der Waals surface area contributed by atoms with Crippen LogP contribution in [0.2, 0.25) is 0 Å². The second kappa shape index (κ2) is 11.4. The maximum atomic E-state index is 12.9. The first-order chi connectivity index (χ1) is 15.1. The van der Waals surface area contributed by atoms with Gasteiger partial charge in [-0.05, 0) is 42.0 Å². The maximum absolute atomic E-state index is 12.9. The molecule has 0 radical (unpaired) electrons. The zero-order chi connectivity index (χ0) is 23.8. The molecule has 0 saturated heterocycles. The normalized spacial score (nSPS) is 12.5. The van der Waals surface area contributed by atoms with Crippen molar-refractivity contribution >= 4 is 44.3 Å². The number of anilines is 2. The molecule has 3 aromatic rings. The Morgan fingerprint density at radius 1 is 1.03 bits per heavy atom. The number of aliphatic hydroxyl groups is 2. The molecule has 1 heterocycles. The summed E-state index contributed by atoms with van der Waals surface area (Å²) in [6.07, 6.45) is -3.00. The Labute approximate surface area is 182 Å². The van der Waals surface area contributed by atoms with Crippen molar-refractivity contribution in [2.45, 2.75) is 18.9 Å². The van der Waals surface area contributed by atoms with Gasteiger partial charge in [-0.2, -0.15) is 13.2 Å². The van der Waals surface area contributed by atoms with Crippen LogP contribution in [0.4, 0.5) is 33.2 Å². The monoisotopic (exact) mass is 474 g/mol. The minimum absolute atomic E-state index is 0.313. The summed E-state index contributed by atoms with van der Waals surface area (Å²) in [4.78, 5) is 27.8. The van der Waals surface area contributed by atoms with Crippen LogP contribution in [0.5, 0.6) is 0 Å². The van der Waals surface area contributed by atoms with E-state index in [1.165, 1.54) is 31.3 Å². The largest absolute Gasteiger partial charge is 0.385 e. The lowest BCUT2D eigenvalue weighted by Crippen LogP contribution is -2.36. The van der Waals surface area contributed by atoms with E-state index in [2.05, 4.69) is 20.9 Å². The lowest BCUT2D eigenvalue weighted by molar-refractivity contribution is -0.134. The highest BCUT2D eigenvalue weighted by Crippen LogP contribution is 2.29. The predicted octanol–water partition coefficient (Wildman–Crippen LogP) is 3.40. The van der Waals surface area contributed by atoms with Crippen LogP contribution in [-0.4, -0.2) is 47.0 Å². The molecule has 0 saturated carbocycles. The van der Waals surface area contributed by atoms with E-state index in [0.717, 1.165) is 11.3 Å². The summed E-state index contributed by atoms with van der Waals surface area (Å²) in [5.41, 5.74) is 1.34. The molecular formula is C19H18F4N4O4S. The van der Waals surface area contributed by atoms with Crippen LogP contribution in [0.15, 0.2) is 42.5 Å². The van der Waals surface area contributed by atoms with Crippen LogP contribution in [0.3, 0.4) is 0 Å². The van der Waals surface area contributed by atoms with Gasteiger partial charge in [0.25, 0.3) is 5.91 Å². The van der Waals surface area contributed by atoms with Crippen LogP contribution in [0.25, 0.3) is 10.2 Å². The average molecular weight is 474 g/mol. The number of amides is 3. The number of halogens is 4. The molecule has 0 aliphatic carbocycles. The van der Waals surface area contributed by atoms with Gasteiger partial charge in [-0.25, -0.2) is 14.2 Å². The maximum Gasteiger partial charge on any atom is 0.379 e. The van der Waals surface area contributed by atoms with E-state index < -0.39 is 36.6 Å². The van der Waals surface area contributed by atoms with Gasteiger partial charge < -0.3 is 20.8 Å². The highest BCUT2D eigenvalue weighted by molar-refractivity contribution is 7.22. The van der Waals surface area contributed by atoms with Gasteiger partial charge in [-0.1, -0.05) is 17.4 Å². The summed E-state index contributed by atoms with van der Waals surface area (Å²) >= 11 is 1.16. The van der Waals surface area contributed by atoms with Gasteiger partial charge >= 0.3 is 12.7 Å². The van der Waals surface area contributed by atoms with Crippen molar-refractivity contribution in [1.82, 2.24) is 10.3 Å². The molecule has 5 N–H and O–H groups in total. The number of hydrogen-bond acceptors (Lipinski definition) is 6. The molecule has 13 heteroatoms. The van der Waals surface area contributed by atoms with Crippen LogP contribution in [-0.2, 0) is 4.79 Å². The van der Waals surface area contributed by atoms with Crippen LogP contribution in [0.1, 0.15) is 11.7 Å². The molecule has 1 aromatic heterocycles. The van der Waals surface area contributed by atoms with E-state index in [1.807, 2.05) is 0 Å². The third-order valence-electron chi connectivity index (χ3n) is 3.89. The fraction of sp³-hybridized carbons (Fsp3) is 0.211. The van der Waals surface area contributed by atoms with Crippen molar-refractivity contribution < 1.29 is 37.4 Å². The molecule has 0 bridgehead atoms. The summed E-state index contributed by atoms with van der Waals surface area (Å²) in [5, 5.41) is 27.7. The quantitative estimate of drug-likeness (QED) is 0.363. The van der Waals surface area contributed by atoms with Crippen molar-refractivity contribution in [3.63, 3.8) is 0 Å². The van der Waals surface area contributed by atoms with E-state index in [4.69, 9.17) is 0 Å². The number of fused-ring (bicyclic) bond motifs is 1. The number of rotatable bonds is 5. The van der Waals surface area contributed by atoms with Gasteiger partial charge in [0.15, 0.2) is 11.2 Å². The molecule has 3 amide bonds. The van der Waals surface area contributed by atoms with Gasteiger partial charge in [-0.15, -0.1) is 0 Å². The molecule has 172 valence electrons. The molecule has 0 aliphatic heterocycles. The first-order valence-corrected chi connectivity index (χ1v) is 9.66. The highest BCUT2D eigenvalue weighted by Gasteiger charge is 2.25. The molecule has 2 aromatic carbocycles. The number of benzene rings is 2. The smallest absolute Gasteiger partial charge is 0.379 e. The molecule has 3 rings (SSSR count). The minimum Gasteiger partial charge on any atom is -0.385 e. The second-order valence-corrected chi connectivity index (χ2v) is 7.11. The summed E-state index contributed by atoms with van der Waals surface area (Å²) in [5.74, 6) is -1.10. The third kappa shape index (κ3) is 7.14. The molecule has 32 heavy (non-hydrogen) atoms. The van der Waals surface area contributed by atoms with Gasteiger partial charge in [-0.3, -0.25) is 10.1 Å². The minimum atomic E-state index is -3.67. The lowest BCUT2D eigenvalue weighted by Gasteiger charge is -2.16. The number of carbonyl (C=O) groups excluding carboxylic acids is 2. The van der Waals surface area contributed by atoms with Gasteiger partial charge in [0.05, 0.1) is 10.2 Å². The SMILES string of the molecule is CNC(=O)C(O)C(O)c1ccc2nc(NC(=O)Nc3ccc(F)cc3)sc2c1.FC(F)F. The number of hydrogen-bond donors (Lipinski definition) is 5. The number of aromatic nitrogens is 1. The average Bonchev–Trinajstić information content (AvgIpc) is 3.14. The third-order valence-corrected chi connectivity index (χ3v) is 4.82. The van der Waals surface area contributed by atoms with Crippen molar-refractivity contribution in [2.24, 2.45) is 0 Å². The Bertz CT molecular complexity index is 1060. The first kappa shape index (κ1) is 25.0. The van der Waals surface area contributed by atoms with E-state index in [-0.39, 0.29) is 0 Å². The summed E-state index contributed by atoms with van der Waals surface area (Å²) in [7, 11) is 1.36. The fourth-order valence-electron chi connectivity index (χ4n) is 2.44. The van der Waals surface area contributed by atoms with Crippen molar-refractivity contribution in [3.8, 4) is 0 Å². The number of likely N-dealkylation sites (N-methyl/N-ethyl adjacent to an activating group) is 1. The van der Waals surface area contributed by atoms with E-state index >= 15 is 0 Å². The predicted molar refractivity (Wildman–Crippen MR) is 111 cm³/mol. The van der Waals surface area contributed by atoms with Crippen molar-refractivity contribution in [2.75, 3.05) is 17.7 Å². The van der Waals surface area contributed by atoms with E-state index in [9.17, 15) is 37.4 Å². The summed E-state index contributed by atoms with van der Waals surface area (Å²) < 4.78 is 42.6. The van der Waals surface area contributed by atoms with Crippen molar-refractivity contribution in [3.05, 3.63) is 53.8 Å². The Balaban J connectivity index is 0.000000837. The van der Waals surface area contributed by atoms with Crippen LogP contribution >= 0.6 is 11.3 Å². The molecule has 0 fully saturated rings. The number of aliphatic hydroxyl groups excluding tert-OH is 2. The standard InChI is InChI=1S/C18H17FN4O4S.CHF3/c1-20-16(26)15(25)14(24)9-2-7-12-13(8-9)28-18(22-12)23-17(27)21-11-5-3-10(19)4-6-11;2-1(3)4/h2-8,14-15,24-25H,1H3,(H,20,26)(H2,21,22,23,27);1H. The van der Waals surface area contributed by atoms with E-state index in [0.29, 0.717) is 26.6 Å². The number of nitrogens with zero attached hydrogens (tertiary/aromatic N) is 1. The second-order valence-electron chi connectivity index (χ2n) is 6.08. The number of nitrogens with one attached hydrogen (secondary N) is 3. The Morgan fingerprint density at radius 2 is 1.66 bits per heavy atom. The number of carbonyl (C=O) groups is 2. The molecule has 2 atom stereocenters. The number of urea groups is 1. The molecule has 8 nitrogen and oxygen atoms in total. The Kier molecular flexibility index (Phi) is 8.87. The topological polar surface area (TPSA) is 124 Å². The highest BCUT2D eigenvalue weighted by atomic mass is 32.1. The molecular weight excluding hydrogens is 456 g/mol. The Hall–Kier alpha value is -3.29. The number of thiazole rings is 1. The number of alkyl halides is 3. The Morgan fingerprint density at radius 3 is 2.25 bits per heavy atom.